The zero-order chi connectivity index (χ0) is 22.7. The highest BCUT2D eigenvalue weighted by atomic mass is 35.5. The van der Waals surface area contributed by atoms with Gasteiger partial charge in [0.2, 0.25) is 5.91 Å². The van der Waals surface area contributed by atoms with E-state index in [-0.39, 0.29) is 17.4 Å². The van der Waals surface area contributed by atoms with Crippen molar-refractivity contribution in [2.45, 2.75) is 33.2 Å². The first-order valence-electron chi connectivity index (χ1n) is 10.9. The molecule has 7 heteroatoms. The van der Waals surface area contributed by atoms with E-state index in [0.29, 0.717) is 30.3 Å². The molecule has 1 amide bonds. The number of benzene rings is 2. The van der Waals surface area contributed by atoms with Crippen molar-refractivity contribution in [2.75, 3.05) is 18.0 Å². The van der Waals surface area contributed by atoms with Gasteiger partial charge in [-0.05, 0) is 61.6 Å². The summed E-state index contributed by atoms with van der Waals surface area (Å²) >= 11 is 6.23. The van der Waals surface area contributed by atoms with Crippen LogP contribution in [0.5, 0.6) is 0 Å². The lowest BCUT2D eigenvalue weighted by molar-refractivity contribution is -0.125. The molecule has 1 N–H and O–H groups in total. The van der Waals surface area contributed by atoms with Gasteiger partial charge in [-0.2, -0.15) is 4.68 Å². The lowest BCUT2D eigenvalue weighted by Crippen LogP contribution is -2.41. The van der Waals surface area contributed by atoms with Gasteiger partial charge < -0.3 is 10.2 Å². The number of nitrogens with zero attached hydrogens (tertiary/aromatic N) is 3. The number of aryl methyl sites for hydroxylation is 2. The number of piperidine rings is 1. The average molecular weight is 451 g/mol. The number of amides is 1. The largest absolute Gasteiger partial charge is 0.355 e. The Balaban J connectivity index is 1.40. The number of halogens is 1. The highest BCUT2D eigenvalue weighted by molar-refractivity contribution is 6.31. The Morgan fingerprint density at radius 3 is 2.53 bits per heavy atom. The first-order chi connectivity index (χ1) is 15.4. The molecule has 32 heavy (non-hydrogen) atoms. The quantitative estimate of drug-likeness (QED) is 0.637. The number of nitrogens with one attached hydrogen (secondary N) is 1. The first-order valence-corrected chi connectivity index (χ1v) is 11.2. The molecule has 3 aromatic rings. The van der Waals surface area contributed by atoms with Crippen LogP contribution in [-0.4, -0.2) is 28.8 Å². The maximum atomic E-state index is 12.7. The van der Waals surface area contributed by atoms with Gasteiger partial charge >= 0.3 is 0 Å². The number of rotatable bonds is 5. The molecule has 1 saturated heterocycles. The minimum absolute atomic E-state index is 0.0166. The zero-order valence-electron chi connectivity index (χ0n) is 18.3. The van der Waals surface area contributed by atoms with Crippen LogP contribution in [-0.2, 0) is 11.3 Å². The fourth-order valence-electron chi connectivity index (χ4n) is 3.97. The van der Waals surface area contributed by atoms with Crippen LogP contribution < -0.4 is 15.8 Å². The van der Waals surface area contributed by atoms with Crippen molar-refractivity contribution in [1.82, 2.24) is 15.1 Å². The molecule has 0 atom stereocenters. The minimum atomic E-state index is -0.209. The van der Waals surface area contributed by atoms with E-state index in [4.69, 9.17) is 11.6 Å². The van der Waals surface area contributed by atoms with Crippen molar-refractivity contribution in [3.8, 4) is 5.69 Å². The van der Waals surface area contributed by atoms with Crippen molar-refractivity contribution in [2.24, 2.45) is 5.92 Å². The molecule has 0 saturated carbocycles. The van der Waals surface area contributed by atoms with Gasteiger partial charge in [0.15, 0.2) is 0 Å². The van der Waals surface area contributed by atoms with E-state index >= 15 is 0 Å². The van der Waals surface area contributed by atoms with Crippen molar-refractivity contribution in [3.63, 3.8) is 0 Å². The lowest BCUT2D eigenvalue weighted by Gasteiger charge is -2.32. The normalized spacial score (nSPS) is 14.4. The fraction of sp³-hybridized carbons (Fsp3) is 0.320. The highest BCUT2D eigenvalue weighted by Crippen LogP contribution is 2.23. The molecule has 166 valence electrons. The van der Waals surface area contributed by atoms with Crippen molar-refractivity contribution in [1.29, 1.82) is 0 Å². The molecule has 1 aliphatic heterocycles. The number of carbonyl (C=O) groups is 1. The summed E-state index contributed by atoms with van der Waals surface area (Å²) in [4.78, 5) is 27.2. The summed E-state index contributed by atoms with van der Waals surface area (Å²) in [5, 5.41) is 8.24. The molecular weight excluding hydrogens is 424 g/mol. The second-order valence-electron chi connectivity index (χ2n) is 8.28. The second-order valence-corrected chi connectivity index (χ2v) is 8.69. The van der Waals surface area contributed by atoms with E-state index < -0.39 is 0 Å². The summed E-state index contributed by atoms with van der Waals surface area (Å²) < 4.78 is 1.38. The number of aromatic nitrogens is 2. The topological polar surface area (TPSA) is 67.2 Å². The van der Waals surface area contributed by atoms with Gasteiger partial charge in [0.05, 0.1) is 5.69 Å². The Kier molecular flexibility index (Phi) is 6.61. The lowest BCUT2D eigenvalue weighted by atomic mass is 9.95. The first kappa shape index (κ1) is 22.1. The Bertz CT molecular complexity index is 1180. The standard InChI is InChI=1S/C25H27ClN4O2/c1-17-5-3-4-6-20(17)16-27-25(32)19-11-13-29(14-12-19)23-9-10-24(31)30(28-23)21-8-7-18(2)22(26)15-21/h3-10,15,19H,11-14,16H2,1-2H3,(H,27,32). The summed E-state index contributed by atoms with van der Waals surface area (Å²) in [7, 11) is 0. The summed E-state index contributed by atoms with van der Waals surface area (Å²) in [6, 6.07) is 16.8. The van der Waals surface area contributed by atoms with Crippen LogP contribution in [0.1, 0.15) is 29.5 Å². The van der Waals surface area contributed by atoms with Crippen LogP contribution in [0, 0.1) is 19.8 Å². The average Bonchev–Trinajstić information content (AvgIpc) is 2.81. The third kappa shape index (κ3) is 4.86. The molecule has 0 aliphatic carbocycles. The van der Waals surface area contributed by atoms with Gasteiger partial charge in [0, 0.05) is 36.6 Å². The molecular formula is C25H27ClN4O2. The Labute approximate surface area is 192 Å². The van der Waals surface area contributed by atoms with Crippen LogP contribution in [0.4, 0.5) is 5.82 Å². The fourth-order valence-corrected chi connectivity index (χ4v) is 4.15. The highest BCUT2D eigenvalue weighted by Gasteiger charge is 2.26. The van der Waals surface area contributed by atoms with Gasteiger partial charge in [-0.15, -0.1) is 5.10 Å². The SMILES string of the molecule is Cc1ccc(-n2nc(N3CCC(C(=O)NCc4ccccc4C)CC3)ccc2=O)cc1Cl. The molecule has 2 heterocycles. The van der Waals surface area contributed by atoms with E-state index in [9.17, 15) is 9.59 Å². The molecule has 0 spiro atoms. The van der Waals surface area contributed by atoms with Gasteiger partial charge in [-0.3, -0.25) is 9.59 Å². The summed E-state index contributed by atoms with van der Waals surface area (Å²) in [5.74, 6) is 0.803. The molecule has 0 unspecified atom stereocenters. The molecule has 4 rings (SSSR count). The Hall–Kier alpha value is -3.12. The van der Waals surface area contributed by atoms with Crippen LogP contribution >= 0.6 is 11.6 Å². The number of hydrogen-bond acceptors (Lipinski definition) is 4. The molecule has 0 bridgehead atoms. The third-order valence-corrected chi connectivity index (χ3v) is 6.50. The van der Waals surface area contributed by atoms with Crippen molar-refractivity contribution in [3.05, 3.63) is 86.7 Å². The number of carbonyl (C=O) groups excluding carboxylic acids is 1. The van der Waals surface area contributed by atoms with Crippen molar-refractivity contribution >= 4 is 23.3 Å². The van der Waals surface area contributed by atoms with Crippen LogP contribution in [0.15, 0.2) is 59.4 Å². The predicted octanol–water partition coefficient (Wildman–Crippen LogP) is 4.04. The third-order valence-electron chi connectivity index (χ3n) is 6.09. The van der Waals surface area contributed by atoms with E-state index in [2.05, 4.69) is 28.3 Å². The van der Waals surface area contributed by atoms with E-state index in [1.165, 1.54) is 16.3 Å². The summed E-state index contributed by atoms with van der Waals surface area (Å²) in [6.07, 6.45) is 1.49. The van der Waals surface area contributed by atoms with Crippen LogP contribution in [0.25, 0.3) is 5.69 Å². The maximum absolute atomic E-state index is 12.7. The predicted molar refractivity (Wildman–Crippen MR) is 128 cm³/mol. The van der Waals surface area contributed by atoms with Gasteiger partial charge in [-0.25, -0.2) is 0 Å². The molecule has 2 aromatic carbocycles. The Morgan fingerprint density at radius 1 is 1.06 bits per heavy atom. The minimum Gasteiger partial charge on any atom is -0.355 e. The van der Waals surface area contributed by atoms with Crippen LogP contribution in [0.2, 0.25) is 5.02 Å². The zero-order valence-corrected chi connectivity index (χ0v) is 19.1. The van der Waals surface area contributed by atoms with Crippen LogP contribution in [0.3, 0.4) is 0 Å². The molecule has 1 aromatic heterocycles. The number of hydrogen-bond donors (Lipinski definition) is 1. The molecule has 1 fully saturated rings. The summed E-state index contributed by atoms with van der Waals surface area (Å²) in [6.45, 7) is 5.94. The van der Waals surface area contributed by atoms with Gasteiger partial charge in [-0.1, -0.05) is 41.9 Å². The molecule has 1 aliphatic rings. The second kappa shape index (κ2) is 9.57. The van der Waals surface area contributed by atoms with Gasteiger partial charge in [0.25, 0.3) is 5.56 Å². The molecule has 0 radical (unpaired) electrons. The van der Waals surface area contributed by atoms with Gasteiger partial charge in [0.1, 0.15) is 5.82 Å². The van der Waals surface area contributed by atoms with E-state index in [1.807, 2.05) is 37.3 Å². The Morgan fingerprint density at radius 2 is 1.81 bits per heavy atom. The molecule has 6 nitrogen and oxygen atoms in total. The smallest absolute Gasteiger partial charge is 0.271 e. The summed E-state index contributed by atoms with van der Waals surface area (Å²) in [5.41, 5.74) is 3.69. The maximum Gasteiger partial charge on any atom is 0.271 e. The monoisotopic (exact) mass is 450 g/mol. The van der Waals surface area contributed by atoms with E-state index in [1.54, 1.807) is 12.1 Å². The van der Waals surface area contributed by atoms with Crippen molar-refractivity contribution < 1.29 is 4.79 Å². The number of anilines is 1. The van der Waals surface area contributed by atoms with E-state index in [0.717, 1.165) is 29.8 Å².